The van der Waals surface area contributed by atoms with E-state index in [1.807, 2.05) is 6.07 Å². The van der Waals surface area contributed by atoms with E-state index in [0.717, 1.165) is 0 Å². The van der Waals surface area contributed by atoms with Gasteiger partial charge in [0, 0.05) is 11.8 Å². The summed E-state index contributed by atoms with van der Waals surface area (Å²) >= 11 is 6.30. The van der Waals surface area contributed by atoms with Crippen molar-refractivity contribution in [3.63, 3.8) is 0 Å². The molecule has 0 radical (unpaired) electrons. The van der Waals surface area contributed by atoms with Crippen LogP contribution in [0.4, 0.5) is 0 Å². The van der Waals surface area contributed by atoms with Crippen LogP contribution < -0.4 is 10.7 Å². The first-order valence-corrected chi connectivity index (χ1v) is 9.77. The lowest BCUT2D eigenvalue weighted by Crippen LogP contribution is -2.11. The number of fused-ring (bicyclic) bond motifs is 1. The molecular weight excluding hydrogens is 388 g/mol. The van der Waals surface area contributed by atoms with Crippen LogP contribution in [0.2, 0.25) is 5.02 Å². The molecule has 0 aliphatic rings. The highest BCUT2D eigenvalue weighted by Crippen LogP contribution is 2.30. The third kappa shape index (κ3) is 3.03. The van der Waals surface area contributed by atoms with E-state index < -0.39 is 10.0 Å². The molecule has 9 heteroatoms. The Balaban J connectivity index is 2.00. The van der Waals surface area contributed by atoms with Gasteiger partial charge in [-0.2, -0.15) is 5.10 Å². The van der Waals surface area contributed by atoms with Gasteiger partial charge in [0.05, 0.1) is 26.5 Å². The monoisotopic (exact) mass is 400 g/mol. The van der Waals surface area contributed by atoms with Crippen molar-refractivity contribution in [3.8, 4) is 16.9 Å². The molecule has 2 aromatic carbocycles. The van der Waals surface area contributed by atoms with Crippen LogP contribution in [-0.4, -0.2) is 23.2 Å². The fraction of sp³-hybridized carbons (Fsp3) is 0. The van der Waals surface area contributed by atoms with Gasteiger partial charge in [0.1, 0.15) is 5.69 Å². The topological polar surface area (TPSA) is 111 Å². The Bertz CT molecular complexity index is 1320. The smallest absolute Gasteiger partial charge is 0.259 e. The molecule has 4 rings (SSSR count). The molecule has 27 heavy (non-hydrogen) atoms. The van der Waals surface area contributed by atoms with Crippen LogP contribution in [0.15, 0.2) is 70.5 Å². The average Bonchev–Trinajstić information content (AvgIpc) is 3.02. The van der Waals surface area contributed by atoms with Crippen LogP contribution >= 0.6 is 11.6 Å². The third-order valence-corrected chi connectivity index (χ3v) is 5.39. The number of para-hydroxylation sites is 1. The van der Waals surface area contributed by atoms with Gasteiger partial charge in [0.2, 0.25) is 10.0 Å². The molecule has 0 saturated carbocycles. The van der Waals surface area contributed by atoms with Crippen molar-refractivity contribution in [2.75, 3.05) is 0 Å². The highest BCUT2D eigenvalue weighted by atomic mass is 35.5. The molecule has 0 bridgehead atoms. The quantitative estimate of drug-likeness (QED) is 0.550. The number of rotatable bonds is 3. The SMILES string of the molecule is NS(=O)(=O)c1ccc(-c2nn(-c3ccccc3Cl)c3cc[nH]c(=O)c23)cc1. The average molecular weight is 401 g/mol. The van der Waals surface area contributed by atoms with Crippen molar-refractivity contribution in [1.29, 1.82) is 0 Å². The Morgan fingerprint density at radius 1 is 1.04 bits per heavy atom. The van der Waals surface area contributed by atoms with E-state index in [0.29, 0.717) is 32.9 Å². The summed E-state index contributed by atoms with van der Waals surface area (Å²) in [5.41, 5.74) is 1.89. The molecular formula is C18H13ClN4O3S. The number of H-pyrrole nitrogens is 1. The molecule has 2 aromatic heterocycles. The Morgan fingerprint density at radius 2 is 1.74 bits per heavy atom. The van der Waals surface area contributed by atoms with Crippen LogP contribution in [0.3, 0.4) is 0 Å². The summed E-state index contributed by atoms with van der Waals surface area (Å²) in [6.07, 6.45) is 1.54. The number of sulfonamides is 1. The van der Waals surface area contributed by atoms with E-state index in [1.54, 1.807) is 41.1 Å². The summed E-state index contributed by atoms with van der Waals surface area (Å²) < 4.78 is 24.5. The maximum absolute atomic E-state index is 12.5. The number of nitrogens with one attached hydrogen (secondary N) is 1. The number of primary sulfonamides is 1. The fourth-order valence-electron chi connectivity index (χ4n) is 2.89. The normalized spacial score (nSPS) is 11.8. The molecule has 0 saturated heterocycles. The number of halogens is 1. The highest BCUT2D eigenvalue weighted by molar-refractivity contribution is 7.89. The number of benzene rings is 2. The van der Waals surface area contributed by atoms with Gasteiger partial charge in [-0.05, 0) is 30.3 Å². The second-order valence-corrected chi connectivity index (χ2v) is 7.82. The molecule has 0 atom stereocenters. The van der Waals surface area contributed by atoms with E-state index >= 15 is 0 Å². The van der Waals surface area contributed by atoms with Gasteiger partial charge < -0.3 is 4.98 Å². The Hall–Kier alpha value is -2.94. The Kier molecular flexibility index (Phi) is 4.11. The van der Waals surface area contributed by atoms with Crippen molar-refractivity contribution in [2.24, 2.45) is 5.14 Å². The van der Waals surface area contributed by atoms with Crippen molar-refractivity contribution in [1.82, 2.24) is 14.8 Å². The highest BCUT2D eigenvalue weighted by Gasteiger charge is 2.18. The van der Waals surface area contributed by atoms with Crippen molar-refractivity contribution in [3.05, 3.63) is 76.2 Å². The first-order chi connectivity index (χ1) is 12.9. The summed E-state index contributed by atoms with van der Waals surface area (Å²) in [6.45, 7) is 0. The van der Waals surface area contributed by atoms with Crippen LogP contribution in [0.25, 0.3) is 27.8 Å². The zero-order chi connectivity index (χ0) is 19.2. The number of pyridine rings is 1. The van der Waals surface area contributed by atoms with Crippen LogP contribution in [0.5, 0.6) is 0 Å². The first-order valence-electron chi connectivity index (χ1n) is 7.85. The van der Waals surface area contributed by atoms with Gasteiger partial charge in [-0.15, -0.1) is 0 Å². The summed E-state index contributed by atoms with van der Waals surface area (Å²) in [5.74, 6) is 0. The van der Waals surface area contributed by atoms with Crippen LogP contribution in [0, 0.1) is 0 Å². The number of nitrogens with two attached hydrogens (primary N) is 1. The lowest BCUT2D eigenvalue weighted by atomic mass is 10.1. The lowest BCUT2D eigenvalue weighted by Gasteiger charge is -2.05. The summed E-state index contributed by atoms with van der Waals surface area (Å²) in [6, 6.07) is 14.8. The van der Waals surface area contributed by atoms with E-state index in [1.165, 1.54) is 18.3 Å². The van der Waals surface area contributed by atoms with Crippen molar-refractivity contribution in [2.45, 2.75) is 4.90 Å². The van der Waals surface area contributed by atoms with Crippen LogP contribution in [0.1, 0.15) is 0 Å². The molecule has 3 N–H and O–H groups in total. The zero-order valence-electron chi connectivity index (χ0n) is 13.8. The zero-order valence-corrected chi connectivity index (χ0v) is 15.3. The van der Waals surface area contributed by atoms with Gasteiger partial charge >= 0.3 is 0 Å². The van der Waals surface area contributed by atoms with Gasteiger partial charge in [0.25, 0.3) is 5.56 Å². The minimum Gasteiger partial charge on any atom is -0.328 e. The van der Waals surface area contributed by atoms with Gasteiger partial charge in [-0.3, -0.25) is 4.79 Å². The largest absolute Gasteiger partial charge is 0.328 e. The predicted octanol–water partition coefficient (Wildman–Crippen LogP) is 2.68. The second kappa shape index (κ2) is 6.34. The van der Waals surface area contributed by atoms with Gasteiger partial charge in [0.15, 0.2) is 0 Å². The summed E-state index contributed by atoms with van der Waals surface area (Å²) in [7, 11) is -3.81. The molecule has 0 unspecified atom stereocenters. The molecule has 0 amide bonds. The Labute approximate surface area is 159 Å². The summed E-state index contributed by atoms with van der Waals surface area (Å²) in [5, 5.41) is 10.6. The molecule has 7 nitrogen and oxygen atoms in total. The van der Waals surface area contributed by atoms with E-state index in [9.17, 15) is 13.2 Å². The first kappa shape index (κ1) is 17.5. The minimum absolute atomic E-state index is 0.0185. The lowest BCUT2D eigenvalue weighted by molar-refractivity contribution is 0.598. The van der Waals surface area contributed by atoms with Gasteiger partial charge in [-0.1, -0.05) is 35.9 Å². The maximum atomic E-state index is 12.5. The van der Waals surface area contributed by atoms with E-state index in [4.69, 9.17) is 16.7 Å². The molecule has 4 aromatic rings. The summed E-state index contributed by atoms with van der Waals surface area (Å²) in [4.78, 5) is 15.1. The van der Waals surface area contributed by atoms with Crippen molar-refractivity contribution < 1.29 is 8.42 Å². The standard InChI is InChI=1S/C18H13ClN4O3S/c19-13-3-1-2-4-14(13)23-15-9-10-21-18(24)16(15)17(22-23)11-5-7-12(8-6-11)27(20,25)26/h1-10H,(H,21,24)(H2,20,25,26). The number of hydrogen-bond acceptors (Lipinski definition) is 4. The van der Waals surface area contributed by atoms with Crippen LogP contribution in [-0.2, 0) is 10.0 Å². The molecule has 0 fully saturated rings. The minimum atomic E-state index is -3.81. The van der Waals surface area contributed by atoms with Gasteiger partial charge in [-0.25, -0.2) is 18.2 Å². The predicted molar refractivity (Wildman–Crippen MR) is 104 cm³/mol. The second-order valence-electron chi connectivity index (χ2n) is 5.85. The van der Waals surface area contributed by atoms with E-state index in [2.05, 4.69) is 10.1 Å². The number of aromatic nitrogens is 3. The maximum Gasteiger partial charge on any atom is 0.259 e. The molecule has 0 aliphatic carbocycles. The Morgan fingerprint density at radius 3 is 2.41 bits per heavy atom. The fourth-order valence-corrected chi connectivity index (χ4v) is 3.62. The molecule has 0 spiro atoms. The molecule has 2 heterocycles. The van der Waals surface area contributed by atoms with Crippen molar-refractivity contribution >= 4 is 32.5 Å². The van der Waals surface area contributed by atoms with E-state index in [-0.39, 0.29) is 10.5 Å². The number of hydrogen-bond donors (Lipinski definition) is 2. The number of nitrogens with zero attached hydrogens (tertiary/aromatic N) is 2. The number of aromatic amines is 1. The molecule has 136 valence electrons. The third-order valence-electron chi connectivity index (χ3n) is 4.14. The molecule has 0 aliphatic heterocycles.